The SMILES string of the molecule is C=CCn1c(SCC(=O)Nc2cccc3ccccc23)nnc1C1CCCC1. The highest BCUT2D eigenvalue weighted by molar-refractivity contribution is 7.99. The van der Waals surface area contributed by atoms with Crippen LogP contribution in [-0.2, 0) is 11.3 Å². The quantitative estimate of drug-likeness (QED) is 0.454. The van der Waals surface area contributed by atoms with E-state index in [4.69, 9.17) is 0 Å². The summed E-state index contributed by atoms with van der Waals surface area (Å²) in [7, 11) is 0. The Kier molecular flexibility index (Phi) is 5.76. The summed E-state index contributed by atoms with van der Waals surface area (Å²) in [4.78, 5) is 12.6. The van der Waals surface area contributed by atoms with Gasteiger partial charge < -0.3 is 9.88 Å². The molecule has 1 aliphatic rings. The lowest BCUT2D eigenvalue weighted by Gasteiger charge is -2.12. The van der Waals surface area contributed by atoms with E-state index in [0.717, 1.165) is 27.4 Å². The second-order valence-electron chi connectivity index (χ2n) is 7.08. The summed E-state index contributed by atoms with van der Waals surface area (Å²) in [6.45, 7) is 4.53. The lowest BCUT2D eigenvalue weighted by molar-refractivity contribution is -0.113. The molecule has 1 aliphatic carbocycles. The lowest BCUT2D eigenvalue weighted by Crippen LogP contribution is -2.15. The normalized spacial score (nSPS) is 14.4. The molecule has 6 heteroatoms. The van der Waals surface area contributed by atoms with Crippen LogP contribution in [0.1, 0.15) is 37.4 Å². The predicted molar refractivity (Wildman–Crippen MR) is 115 cm³/mol. The van der Waals surface area contributed by atoms with Crippen LogP contribution in [0.5, 0.6) is 0 Å². The molecule has 4 rings (SSSR count). The smallest absolute Gasteiger partial charge is 0.234 e. The summed E-state index contributed by atoms with van der Waals surface area (Å²) in [5.41, 5.74) is 0.836. The fourth-order valence-corrected chi connectivity index (χ4v) is 4.60. The summed E-state index contributed by atoms with van der Waals surface area (Å²) >= 11 is 1.43. The van der Waals surface area contributed by atoms with Gasteiger partial charge in [-0.15, -0.1) is 16.8 Å². The molecule has 0 saturated heterocycles. The lowest BCUT2D eigenvalue weighted by atomic mass is 10.1. The maximum atomic E-state index is 12.6. The van der Waals surface area contributed by atoms with Crippen molar-refractivity contribution in [1.82, 2.24) is 14.8 Å². The van der Waals surface area contributed by atoms with Gasteiger partial charge in [-0.25, -0.2) is 0 Å². The number of rotatable bonds is 7. The maximum Gasteiger partial charge on any atom is 0.234 e. The molecule has 2 aromatic carbocycles. The third-order valence-corrected chi connectivity index (χ3v) is 6.14. The van der Waals surface area contributed by atoms with Crippen molar-refractivity contribution in [3.8, 4) is 0 Å². The van der Waals surface area contributed by atoms with Crippen LogP contribution in [0.25, 0.3) is 10.8 Å². The first-order valence-electron chi connectivity index (χ1n) is 9.70. The van der Waals surface area contributed by atoms with Crippen LogP contribution in [0.3, 0.4) is 0 Å². The second kappa shape index (κ2) is 8.61. The summed E-state index contributed by atoms with van der Waals surface area (Å²) in [6.07, 6.45) is 6.70. The van der Waals surface area contributed by atoms with E-state index in [0.29, 0.717) is 18.2 Å². The first-order chi connectivity index (χ1) is 13.8. The number of nitrogens with zero attached hydrogens (tertiary/aromatic N) is 3. The Morgan fingerprint density at radius 2 is 1.96 bits per heavy atom. The number of amides is 1. The third kappa shape index (κ3) is 3.97. The first kappa shape index (κ1) is 18.7. The zero-order valence-electron chi connectivity index (χ0n) is 15.8. The number of hydrogen-bond donors (Lipinski definition) is 1. The number of aromatic nitrogens is 3. The zero-order chi connectivity index (χ0) is 19.3. The number of benzene rings is 2. The zero-order valence-corrected chi connectivity index (χ0v) is 16.6. The summed E-state index contributed by atoms with van der Waals surface area (Å²) in [5.74, 6) is 1.76. The van der Waals surface area contributed by atoms with E-state index < -0.39 is 0 Å². The molecular weight excluding hydrogens is 368 g/mol. The van der Waals surface area contributed by atoms with Gasteiger partial charge in [0.1, 0.15) is 5.82 Å². The van der Waals surface area contributed by atoms with Crippen LogP contribution >= 0.6 is 11.8 Å². The van der Waals surface area contributed by atoms with Crippen molar-refractivity contribution in [2.75, 3.05) is 11.1 Å². The Balaban J connectivity index is 1.45. The van der Waals surface area contributed by atoms with Crippen molar-refractivity contribution in [1.29, 1.82) is 0 Å². The molecule has 3 aromatic rings. The van der Waals surface area contributed by atoms with E-state index in [-0.39, 0.29) is 5.91 Å². The van der Waals surface area contributed by atoms with E-state index >= 15 is 0 Å². The monoisotopic (exact) mass is 392 g/mol. The number of anilines is 1. The minimum absolute atomic E-state index is 0.0445. The highest BCUT2D eigenvalue weighted by Crippen LogP contribution is 2.34. The maximum absolute atomic E-state index is 12.6. The molecule has 0 bridgehead atoms. The van der Waals surface area contributed by atoms with E-state index in [1.165, 1.54) is 37.4 Å². The molecule has 1 heterocycles. The minimum Gasteiger partial charge on any atom is -0.325 e. The number of hydrogen-bond acceptors (Lipinski definition) is 4. The number of allylic oxidation sites excluding steroid dienone is 1. The molecule has 1 saturated carbocycles. The standard InChI is InChI=1S/C22H24N4OS/c1-2-14-26-21(17-9-3-4-10-17)24-25-22(26)28-15-20(27)23-19-13-7-11-16-8-5-6-12-18(16)19/h2,5-8,11-13,17H,1,3-4,9-10,14-15H2,(H,23,27). The highest BCUT2D eigenvalue weighted by atomic mass is 32.2. The van der Waals surface area contributed by atoms with Gasteiger partial charge in [0.05, 0.1) is 5.75 Å². The molecule has 28 heavy (non-hydrogen) atoms. The minimum atomic E-state index is -0.0445. The Hall–Kier alpha value is -2.60. The van der Waals surface area contributed by atoms with Gasteiger partial charge in [-0.1, -0.05) is 67.1 Å². The first-order valence-corrected chi connectivity index (χ1v) is 10.7. The van der Waals surface area contributed by atoms with Gasteiger partial charge >= 0.3 is 0 Å². The van der Waals surface area contributed by atoms with Gasteiger partial charge in [0.25, 0.3) is 0 Å². The molecule has 0 atom stereocenters. The van der Waals surface area contributed by atoms with Gasteiger partial charge in [0.15, 0.2) is 5.16 Å². The molecule has 0 unspecified atom stereocenters. The predicted octanol–water partition coefficient (Wildman–Crippen LogP) is 5.01. The molecule has 0 aliphatic heterocycles. The van der Waals surface area contributed by atoms with Crippen molar-refractivity contribution in [3.05, 3.63) is 60.9 Å². The van der Waals surface area contributed by atoms with Crippen molar-refractivity contribution < 1.29 is 4.79 Å². The molecule has 1 fully saturated rings. The third-order valence-electron chi connectivity index (χ3n) is 5.17. The Morgan fingerprint density at radius 3 is 2.79 bits per heavy atom. The number of thioether (sulfide) groups is 1. The molecule has 0 spiro atoms. The fourth-order valence-electron chi connectivity index (χ4n) is 3.84. The number of fused-ring (bicyclic) bond motifs is 1. The van der Waals surface area contributed by atoms with Crippen molar-refractivity contribution in [2.45, 2.75) is 43.3 Å². The van der Waals surface area contributed by atoms with Gasteiger partial charge in [-0.05, 0) is 24.3 Å². The molecule has 144 valence electrons. The number of nitrogens with one attached hydrogen (secondary N) is 1. The van der Waals surface area contributed by atoms with Crippen LogP contribution in [0.15, 0.2) is 60.3 Å². The average Bonchev–Trinajstić information content (AvgIpc) is 3.37. The summed E-state index contributed by atoms with van der Waals surface area (Å²) < 4.78 is 2.11. The largest absolute Gasteiger partial charge is 0.325 e. The van der Waals surface area contributed by atoms with Crippen LogP contribution in [0.2, 0.25) is 0 Å². The molecule has 5 nitrogen and oxygen atoms in total. The van der Waals surface area contributed by atoms with Gasteiger partial charge in [0.2, 0.25) is 5.91 Å². The van der Waals surface area contributed by atoms with Gasteiger partial charge in [0, 0.05) is 23.5 Å². The van der Waals surface area contributed by atoms with E-state index in [1.54, 1.807) is 0 Å². The molecule has 1 N–H and O–H groups in total. The van der Waals surface area contributed by atoms with Crippen molar-refractivity contribution in [2.24, 2.45) is 0 Å². The molecule has 1 amide bonds. The second-order valence-corrected chi connectivity index (χ2v) is 8.03. The molecular formula is C22H24N4OS. The fraction of sp³-hybridized carbons (Fsp3) is 0.318. The number of carbonyl (C=O) groups excluding carboxylic acids is 1. The van der Waals surface area contributed by atoms with E-state index in [2.05, 4.69) is 26.7 Å². The summed E-state index contributed by atoms with van der Waals surface area (Å²) in [5, 5.41) is 14.8. The van der Waals surface area contributed by atoms with Gasteiger partial charge in [-0.2, -0.15) is 0 Å². The topological polar surface area (TPSA) is 59.8 Å². The average molecular weight is 393 g/mol. The van der Waals surface area contributed by atoms with Crippen molar-refractivity contribution in [3.63, 3.8) is 0 Å². The number of carbonyl (C=O) groups is 1. The Morgan fingerprint density at radius 1 is 1.18 bits per heavy atom. The van der Waals surface area contributed by atoms with Gasteiger partial charge in [-0.3, -0.25) is 4.79 Å². The van der Waals surface area contributed by atoms with Crippen LogP contribution in [0, 0.1) is 0 Å². The molecule has 1 aromatic heterocycles. The Labute approximate surface area is 169 Å². The van der Waals surface area contributed by atoms with Crippen molar-refractivity contribution >= 4 is 34.1 Å². The van der Waals surface area contributed by atoms with Crippen LogP contribution < -0.4 is 5.32 Å². The van der Waals surface area contributed by atoms with E-state index in [1.807, 2.05) is 48.5 Å². The van der Waals surface area contributed by atoms with Crippen LogP contribution in [0.4, 0.5) is 5.69 Å². The highest BCUT2D eigenvalue weighted by Gasteiger charge is 2.24. The molecule has 0 radical (unpaired) electrons. The van der Waals surface area contributed by atoms with E-state index in [9.17, 15) is 4.79 Å². The summed E-state index contributed by atoms with van der Waals surface area (Å²) in [6, 6.07) is 14.0. The van der Waals surface area contributed by atoms with Crippen LogP contribution in [-0.4, -0.2) is 26.4 Å². The Bertz CT molecular complexity index is 986.